The van der Waals surface area contributed by atoms with Gasteiger partial charge in [-0.25, -0.2) is 0 Å². The molecule has 4 heteroatoms. The fourth-order valence-corrected chi connectivity index (χ4v) is 2.71. The third-order valence-electron chi connectivity index (χ3n) is 4.33. The molecule has 0 saturated heterocycles. The van der Waals surface area contributed by atoms with Crippen LogP contribution in [0.15, 0.2) is 72.8 Å². The van der Waals surface area contributed by atoms with Gasteiger partial charge >= 0.3 is 5.97 Å². The van der Waals surface area contributed by atoms with Crippen LogP contribution in [0.3, 0.4) is 0 Å². The molecule has 144 valence electrons. The van der Waals surface area contributed by atoms with E-state index in [1.54, 1.807) is 0 Å². The Labute approximate surface area is 165 Å². The fourth-order valence-electron chi connectivity index (χ4n) is 2.71. The average molecular weight is 376 g/mol. The third kappa shape index (κ3) is 5.88. The molecular formula is C24H24O4. The lowest BCUT2D eigenvalue weighted by Gasteiger charge is -2.10. The number of hydrogen-bond acceptors (Lipinski definition) is 4. The summed E-state index contributed by atoms with van der Waals surface area (Å²) in [6.07, 6.45) is 1.04. The maximum atomic E-state index is 11.2. The first kappa shape index (κ1) is 19.5. The molecule has 28 heavy (non-hydrogen) atoms. The molecule has 0 fully saturated rings. The molecule has 0 aromatic heterocycles. The van der Waals surface area contributed by atoms with E-state index >= 15 is 0 Å². The van der Waals surface area contributed by atoms with Gasteiger partial charge in [0.1, 0.15) is 23.9 Å². The zero-order valence-electron chi connectivity index (χ0n) is 16.2. The van der Waals surface area contributed by atoms with Crippen molar-refractivity contribution in [1.82, 2.24) is 0 Å². The molecule has 0 heterocycles. The Hall–Kier alpha value is -3.27. The van der Waals surface area contributed by atoms with E-state index in [-0.39, 0.29) is 5.97 Å². The maximum Gasteiger partial charge on any atom is 0.305 e. The van der Waals surface area contributed by atoms with Gasteiger partial charge in [-0.3, -0.25) is 4.79 Å². The van der Waals surface area contributed by atoms with Gasteiger partial charge in [0.2, 0.25) is 0 Å². The highest BCUT2D eigenvalue weighted by molar-refractivity contribution is 5.69. The number of methoxy groups -OCH3 is 1. The molecule has 0 aliphatic rings. The molecule has 3 rings (SSSR count). The maximum absolute atomic E-state index is 11.2. The first-order valence-corrected chi connectivity index (χ1v) is 9.24. The summed E-state index contributed by atoms with van der Waals surface area (Å²) in [5, 5.41) is 0. The lowest BCUT2D eigenvalue weighted by Crippen LogP contribution is -2.02. The van der Waals surface area contributed by atoms with Crippen molar-refractivity contribution in [2.75, 3.05) is 7.11 Å². The summed E-state index contributed by atoms with van der Waals surface area (Å²) >= 11 is 0. The summed E-state index contributed by atoms with van der Waals surface area (Å²) in [6.45, 7) is 2.50. The number of hydrogen-bond donors (Lipinski definition) is 0. The molecule has 0 aliphatic carbocycles. The predicted octanol–water partition coefficient (Wildman–Crippen LogP) is 5.47. The van der Waals surface area contributed by atoms with Crippen LogP contribution in [0.4, 0.5) is 0 Å². The first-order valence-electron chi connectivity index (χ1n) is 9.24. The van der Waals surface area contributed by atoms with Crippen LogP contribution in [0, 0.1) is 6.92 Å². The van der Waals surface area contributed by atoms with E-state index in [1.807, 2.05) is 79.7 Å². The minimum atomic E-state index is -0.201. The minimum Gasteiger partial charge on any atom is -0.489 e. The van der Waals surface area contributed by atoms with Gasteiger partial charge in [0.25, 0.3) is 0 Å². The summed E-state index contributed by atoms with van der Waals surface area (Å²) in [6, 6.07) is 23.6. The Kier molecular flexibility index (Phi) is 6.68. The quantitative estimate of drug-likeness (QED) is 0.489. The third-order valence-corrected chi connectivity index (χ3v) is 4.33. The normalized spacial score (nSPS) is 10.4. The second-order valence-electron chi connectivity index (χ2n) is 6.57. The molecule has 0 saturated carbocycles. The van der Waals surface area contributed by atoms with Crippen molar-refractivity contribution in [2.45, 2.75) is 26.4 Å². The van der Waals surface area contributed by atoms with E-state index in [0.717, 1.165) is 28.4 Å². The fraction of sp³-hybridized carbons (Fsp3) is 0.208. The van der Waals surface area contributed by atoms with E-state index in [1.165, 1.54) is 12.7 Å². The highest BCUT2D eigenvalue weighted by Gasteiger charge is 2.03. The zero-order valence-corrected chi connectivity index (χ0v) is 16.2. The highest BCUT2D eigenvalue weighted by atomic mass is 16.5. The standard InChI is InChI=1S/C24H24O4/c1-18-6-11-22(12-7-18)28-23-5-3-4-20(16-23)17-27-21-13-8-19(9-14-21)10-15-24(25)26-2/h3-9,11-14,16H,10,15,17H2,1-2H3. The van der Waals surface area contributed by atoms with Gasteiger partial charge in [-0.2, -0.15) is 0 Å². The van der Waals surface area contributed by atoms with Gasteiger partial charge in [0, 0.05) is 6.42 Å². The number of aryl methyl sites for hydroxylation is 2. The van der Waals surface area contributed by atoms with Crippen molar-refractivity contribution in [1.29, 1.82) is 0 Å². The largest absolute Gasteiger partial charge is 0.489 e. The number of ether oxygens (including phenoxy) is 3. The van der Waals surface area contributed by atoms with E-state index in [0.29, 0.717) is 19.4 Å². The monoisotopic (exact) mass is 376 g/mol. The molecule has 0 amide bonds. The van der Waals surface area contributed by atoms with Crippen LogP contribution in [0.25, 0.3) is 0 Å². The van der Waals surface area contributed by atoms with Crippen molar-refractivity contribution < 1.29 is 19.0 Å². The zero-order chi connectivity index (χ0) is 19.8. The molecule has 3 aromatic rings. The van der Waals surface area contributed by atoms with Crippen molar-refractivity contribution in [3.8, 4) is 17.2 Å². The van der Waals surface area contributed by atoms with E-state index in [4.69, 9.17) is 9.47 Å². The second kappa shape index (κ2) is 9.60. The summed E-state index contributed by atoms with van der Waals surface area (Å²) in [4.78, 5) is 11.2. The van der Waals surface area contributed by atoms with Crippen LogP contribution in [0.5, 0.6) is 17.2 Å². The molecular weight excluding hydrogens is 352 g/mol. The number of rotatable bonds is 8. The summed E-state index contributed by atoms with van der Waals surface area (Å²) in [7, 11) is 1.40. The van der Waals surface area contributed by atoms with E-state index < -0.39 is 0 Å². The SMILES string of the molecule is COC(=O)CCc1ccc(OCc2cccc(Oc3ccc(C)cc3)c2)cc1. The molecule has 0 atom stereocenters. The molecule has 0 aliphatic heterocycles. The predicted molar refractivity (Wildman–Crippen MR) is 109 cm³/mol. The molecule has 4 nitrogen and oxygen atoms in total. The molecule has 0 N–H and O–H groups in total. The molecule has 0 bridgehead atoms. The van der Waals surface area contributed by atoms with Gasteiger partial charge in [-0.15, -0.1) is 0 Å². The molecule has 0 spiro atoms. The lowest BCUT2D eigenvalue weighted by atomic mass is 10.1. The van der Waals surface area contributed by atoms with Crippen LogP contribution < -0.4 is 9.47 Å². The van der Waals surface area contributed by atoms with Crippen molar-refractivity contribution in [3.63, 3.8) is 0 Å². The van der Waals surface area contributed by atoms with Gasteiger partial charge < -0.3 is 14.2 Å². The summed E-state index contributed by atoms with van der Waals surface area (Å²) < 4.78 is 16.4. The molecule has 0 radical (unpaired) electrons. The number of carbonyl (C=O) groups is 1. The Bertz CT molecular complexity index is 899. The smallest absolute Gasteiger partial charge is 0.305 e. The number of esters is 1. The van der Waals surface area contributed by atoms with Crippen molar-refractivity contribution >= 4 is 5.97 Å². The van der Waals surface area contributed by atoms with Crippen molar-refractivity contribution in [3.05, 3.63) is 89.5 Å². The first-order chi connectivity index (χ1) is 13.6. The van der Waals surface area contributed by atoms with Crippen LogP contribution in [-0.4, -0.2) is 13.1 Å². The second-order valence-corrected chi connectivity index (χ2v) is 6.57. The van der Waals surface area contributed by atoms with Crippen LogP contribution in [-0.2, 0) is 22.6 Å². The van der Waals surface area contributed by atoms with Gasteiger partial charge in [-0.05, 0) is 60.9 Å². The summed E-state index contributed by atoms with van der Waals surface area (Å²) in [5.41, 5.74) is 3.30. The van der Waals surface area contributed by atoms with Crippen LogP contribution >= 0.6 is 0 Å². The number of carbonyl (C=O) groups excluding carboxylic acids is 1. The van der Waals surface area contributed by atoms with E-state index in [9.17, 15) is 4.79 Å². The van der Waals surface area contributed by atoms with Gasteiger partial charge in [0.05, 0.1) is 7.11 Å². The lowest BCUT2D eigenvalue weighted by molar-refractivity contribution is -0.140. The minimum absolute atomic E-state index is 0.201. The van der Waals surface area contributed by atoms with Gasteiger partial charge in [0.15, 0.2) is 0 Å². The van der Waals surface area contributed by atoms with E-state index in [2.05, 4.69) is 4.74 Å². The average Bonchev–Trinajstić information content (AvgIpc) is 2.73. The summed E-state index contributed by atoms with van der Waals surface area (Å²) in [5.74, 6) is 2.18. The Morgan fingerprint density at radius 1 is 0.821 bits per heavy atom. The topological polar surface area (TPSA) is 44.8 Å². The Morgan fingerprint density at radius 3 is 2.25 bits per heavy atom. The van der Waals surface area contributed by atoms with Gasteiger partial charge in [-0.1, -0.05) is 42.0 Å². The number of benzene rings is 3. The van der Waals surface area contributed by atoms with Crippen LogP contribution in [0.1, 0.15) is 23.1 Å². The van der Waals surface area contributed by atoms with Crippen LogP contribution in [0.2, 0.25) is 0 Å². The highest BCUT2D eigenvalue weighted by Crippen LogP contribution is 2.23. The Morgan fingerprint density at radius 2 is 1.54 bits per heavy atom. The molecule has 0 unspecified atom stereocenters. The molecule has 3 aromatic carbocycles. The van der Waals surface area contributed by atoms with Crippen molar-refractivity contribution in [2.24, 2.45) is 0 Å². The Balaban J connectivity index is 1.54.